The zero-order valence-corrected chi connectivity index (χ0v) is 20.7. The predicted octanol–water partition coefficient (Wildman–Crippen LogP) is 5.51. The van der Waals surface area contributed by atoms with Gasteiger partial charge in [-0.2, -0.15) is 0 Å². The van der Waals surface area contributed by atoms with Crippen molar-refractivity contribution >= 4 is 29.1 Å². The lowest BCUT2D eigenvalue weighted by Gasteiger charge is -2.33. The van der Waals surface area contributed by atoms with Gasteiger partial charge in [0.2, 0.25) is 5.91 Å². The zero-order chi connectivity index (χ0) is 24.8. The van der Waals surface area contributed by atoms with Crippen molar-refractivity contribution in [2.45, 2.75) is 52.6 Å². The first-order valence-electron chi connectivity index (χ1n) is 11.8. The number of benzene rings is 2. The Kier molecular flexibility index (Phi) is 9.03. The van der Waals surface area contributed by atoms with E-state index in [1.165, 1.54) is 4.90 Å². The Morgan fingerprint density at radius 1 is 1.00 bits per heavy atom. The molecule has 0 atom stereocenters. The van der Waals surface area contributed by atoms with E-state index in [9.17, 15) is 18.4 Å². The van der Waals surface area contributed by atoms with Crippen LogP contribution in [0.2, 0.25) is 5.02 Å². The average Bonchev–Trinajstić information content (AvgIpc) is 2.80. The summed E-state index contributed by atoms with van der Waals surface area (Å²) in [7, 11) is 0. The van der Waals surface area contributed by atoms with Gasteiger partial charge in [0.25, 0.3) is 5.91 Å². The number of rotatable bonds is 3. The molecule has 0 bridgehead atoms. The summed E-state index contributed by atoms with van der Waals surface area (Å²) in [5.41, 5.74) is 1.05. The average molecular weight is 492 g/mol. The van der Waals surface area contributed by atoms with Crippen LogP contribution in [0.3, 0.4) is 0 Å². The fraction of sp³-hybridized carbons (Fsp3) is 0.462. The number of carbonyl (C=O) groups is 2. The van der Waals surface area contributed by atoms with Crippen LogP contribution in [0, 0.1) is 11.6 Å². The molecule has 34 heavy (non-hydrogen) atoms. The third-order valence-electron chi connectivity index (χ3n) is 6.20. The first-order valence-corrected chi connectivity index (χ1v) is 12.2. The molecule has 2 amide bonds. The minimum absolute atomic E-state index is 0.0335. The van der Waals surface area contributed by atoms with Crippen molar-refractivity contribution in [2.75, 3.05) is 31.1 Å². The van der Waals surface area contributed by atoms with E-state index in [0.29, 0.717) is 53.8 Å². The number of anilines is 1. The lowest BCUT2D eigenvalue weighted by molar-refractivity contribution is -0.118. The second-order valence-electron chi connectivity index (χ2n) is 8.84. The number of hydrogen-bond acceptors (Lipinski definition) is 3. The Morgan fingerprint density at radius 3 is 2.29 bits per heavy atom. The van der Waals surface area contributed by atoms with Crippen LogP contribution in [-0.2, 0) is 11.3 Å². The predicted molar refractivity (Wildman–Crippen MR) is 131 cm³/mol. The lowest BCUT2D eigenvalue weighted by atomic mass is 10.1. The highest BCUT2D eigenvalue weighted by Crippen LogP contribution is 2.28. The summed E-state index contributed by atoms with van der Waals surface area (Å²) in [6, 6.07) is 9.25. The maximum Gasteiger partial charge on any atom is 0.255 e. The van der Waals surface area contributed by atoms with E-state index in [-0.39, 0.29) is 24.8 Å². The van der Waals surface area contributed by atoms with E-state index < -0.39 is 11.6 Å². The van der Waals surface area contributed by atoms with Gasteiger partial charge < -0.3 is 14.7 Å². The van der Waals surface area contributed by atoms with E-state index in [4.69, 9.17) is 11.6 Å². The van der Waals surface area contributed by atoms with Gasteiger partial charge >= 0.3 is 0 Å². The molecule has 2 aromatic carbocycles. The zero-order valence-electron chi connectivity index (χ0n) is 20.0. The van der Waals surface area contributed by atoms with Gasteiger partial charge in [-0.25, -0.2) is 8.78 Å². The Hall–Kier alpha value is -2.51. The van der Waals surface area contributed by atoms with Gasteiger partial charge in [-0.05, 0) is 50.5 Å². The fourth-order valence-corrected chi connectivity index (χ4v) is 4.53. The van der Waals surface area contributed by atoms with Gasteiger partial charge in [0.15, 0.2) is 11.6 Å². The molecule has 1 aliphatic heterocycles. The summed E-state index contributed by atoms with van der Waals surface area (Å²) >= 11 is 6.29. The minimum Gasteiger partial charge on any atom is -0.334 e. The van der Waals surface area contributed by atoms with Crippen LogP contribution in [0.4, 0.5) is 14.5 Å². The topological polar surface area (TPSA) is 43.9 Å². The van der Waals surface area contributed by atoms with Crippen molar-refractivity contribution in [2.24, 2.45) is 0 Å². The Balaban J connectivity index is 2.07. The van der Waals surface area contributed by atoms with E-state index in [0.717, 1.165) is 25.2 Å². The van der Waals surface area contributed by atoms with Crippen molar-refractivity contribution in [3.8, 4) is 0 Å². The number of nitrogens with zero attached hydrogens (tertiary/aromatic N) is 3. The standard InChI is InChI=1S/C26H32ClF2N3O2/c1-4-25(33)32-14-8-12-30(18(2)3)11-7-13-31(26(34)20-9-5-6-10-21(20)27)17-19-15-22(28)23(29)16-24(19)32/h5-6,9-10,15-16,18H,4,7-8,11-14,17H2,1-3H3. The van der Waals surface area contributed by atoms with E-state index in [1.807, 2.05) is 0 Å². The first-order chi connectivity index (χ1) is 16.2. The van der Waals surface area contributed by atoms with Crippen LogP contribution in [0.1, 0.15) is 56.0 Å². The van der Waals surface area contributed by atoms with Gasteiger partial charge in [0.05, 0.1) is 16.3 Å². The first kappa shape index (κ1) is 26.1. The highest BCUT2D eigenvalue weighted by Gasteiger charge is 2.26. The van der Waals surface area contributed by atoms with Crippen molar-refractivity contribution in [1.82, 2.24) is 9.80 Å². The summed E-state index contributed by atoms with van der Waals surface area (Å²) in [4.78, 5) is 31.7. The fourth-order valence-electron chi connectivity index (χ4n) is 4.31. The Bertz CT molecular complexity index is 1030. The van der Waals surface area contributed by atoms with Gasteiger partial charge in [-0.3, -0.25) is 9.59 Å². The van der Waals surface area contributed by atoms with Gasteiger partial charge in [0.1, 0.15) is 0 Å². The smallest absolute Gasteiger partial charge is 0.255 e. The van der Waals surface area contributed by atoms with Crippen LogP contribution in [0.15, 0.2) is 36.4 Å². The normalized spacial score (nSPS) is 16.1. The molecule has 3 rings (SSSR count). The molecule has 1 heterocycles. The van der Waals surface area contributed by atoms with Crippen LogP contribution in [-0.4, -0.2) is 53.8 Å². The summed E-state index contributed by atoms with van der Waals surface area (Å²) in [5, 5.41) is 0.329. The largest absolute Gasteiger partial charge is 0.334 e. The molecule has 0 spiro atoms. The summed E-state index contributed by atoms with van der Waals surface area (Å²) in [6.45, 7) is 8.32. The quantitative estimate of drug-likeness (QED) is 0.568. The molecule has 8 heteroatoms. The van der Waals surface area contributed by atoms with Crippen molar-refractivity contribution < 1.29 is 18.4 Å². The van der Waals surface area contributed by atoms with Gasteiger partial charge in [0, 0.05) is 51.3 Å². The van der Waals surface area contributed by atoms with Crippen LogP contribution in [0.5, 0.6) is 0 Å². The molecule has 0 aromatic heterocycles. The summed E-state index contributed by atoms with van der Waals surface area (Å²) in [6.07, 6.45) is 1.64. The van der Waals surface area contributed by atoms with Crippen LogP contribution >= 0.6 is 11.6 Å². The number of carbonyl (C=O) groups excluding carboxylic acids is 2. The molecule has 2 aromatic rings. The molecule has 0 fully saturated rings. The molecule has 184 valence electrons. The highest BCUT2D eigenvalue weighted by molar-refractivity contribution is 6.33. The van der Waals surface area contributed by atoms with E-state index >= 15 is 0 Å². The molecule has 0 radical (unpaired) electrons. The Labute approximate surface area is 205 Å². The summed E-state index contributed by atoms with van der Waals surface area (Å²) in [5.74, 6) is -2.49. The van der Waals surface area contributed by atoms with Crippen LogP contribution < -0.4 is 4.90 Å². The molecule has 0 unspecified atom stereocenters. The van der Waals surface area contributed by atoms with Gasteiger partial charge in [-0.1, -0.05) is 30.7 Å². The molecule has 5 nitrogen and oxygen atoms in total. The van der Waals surface area contributed by atoms with Gasteiger partial charge in [-0.15, -0.1) is 0 Å². The third-order valence-corrected chi connectivity index (χ3v) is 6.53. The number of hydrogen-bond donors (Lipinski definition) is 0. The molecule has 0 aliphatic carbocycles. The Morgan fingerprint density at radius 2 is 1.65 bits per heavy atom. The SMILES string of the molecule is CCC(=O)N1CCCN(C(C)C)CCCN(C(=O)c2ccccc2Cl)Cc2cc(F)c(F)cc21. The molecule has 0 saturated heterocycles. The number of amides is 2. The third kappa shape index (κ3) is 6.13. The van der Waals surface area contributed by atoms with E-state index in [2.05, 4.69) is 18.7 Å². The minimum atomic E-state index is -1.02. The highest BCUT2D eigenvalue weighted by atomic mass is 35.5. The van der Waals surface area contributed by atoms with Crippen molar-refractivity contribution in [3.05, 3.63) is 64.2 Å². The second-order valence-corrected chi connectivity index (χ2v) is 9.24. The molecular formula is C26H32ClF2N3O2. The maximum absolute atomic E-state index is 14.3. The lowest BCUT2D eigenvalue weighted by Crippen LogP contribution is -2.40. The number of fused-ring (bicyclic) bond motifs is 1. The molecule has 0 saturated carbocycles. The maximum atomic E-state index is 14.3. The molecule has 0 N–H and O–H groups in total. The molecular weight excluding hydrogens is 460 g/mol. The second kappa shape index (κ2) is 11.8. The summed E-state index contributed by atoms with van der Waals surface area (Å²) < 4.78 is 28.7. The van der Waals surface area contributed by atoms with Crippen molar-refractivity contribution in [1.29, 1.82) is 0 Å². The van der Waals surface area contributed by atoms with Crippen molar-refractivity contribution in [3.63, 3.8) is 0 Å². The molecule has 1 aliphatic rings. The number of halogens is 3. The monoisotopic (exact) mass is 491 g/mol. The van der Waals surface area contributed by atoms with Crippen LogP contribution in [0.25, 0.3) is 0 Å². The van der Waals surface area contributed by atoms with E-state index in [1.54, 1.807) is 36.1 Å².